The Labute approximate surface area is 155 Å². The third-order valence-corrected chi connectivity index (χ3v) is 5.64. The second kappa shape index (κ2) is 7.66. The third kappa shape index (κ3) is 4.01. The Hall–Kier alpha value is -2.08. The summed E-state index contributed by atoms with van der Waals surface area (Å²) in [6.45, 7) is 6.20. The lowest BCUT2D eigenvalue weighted by atomic mass is 9.89. The van der Waals surface area contributed by atoms with Crippen LogP contribution < -0.4 is 5.32 Å². The van der Waals surface area contributed by atoms with E-state index in [1.807, 2.05) is 18.9 Å². The number of amides is 3. The maximum atomic E-state index is 12.6. The molecule has 0 saturated carbocycles. The molecule has 6 heteroatoms. The number of likely N-dealkylation sites (tertiary alicyclic amines) is 1. The van der Waals surface area contributed by atoms with E-state index in [0.29, 0.717) is 19.6 Å². The largest absolute Gasteiger partial charge is 0.363 e. The van der Waals surface area contributed by atoms with Crippen molar-refractivity contribution in [3.63, 3.8) is 0 Å². The van der Waals surface area contributed by atoms with E-state index in [4.69, 9.17) is 4.74 Å². The number of carbonyl (C=O) groups excluding carboxylic acids is 2. The van der Waals surface area contributed by atoms with E-state index in [-0.39, 0.29) is 30.2 Å². The Kier molecular flexibility index (Phi) is 5.51. The van der Waals surface area contributed by atoms with Gasteiger partial charge in [-0.2, -0.15) is 0 Å². The molecule has 3 rings (SSSR count). The van der Waals surface area contributed by atoms with Gasteiger partial charge in [-0.1, -0.05) is 31.2 Å². The molecule has 26 heavy (non-hydrogen) atoms. The Balaban J connectivity index is 1.52. The third-order valence-electron chi connectivity index (χ3n) is 5.64. The molecule has 2 aliphatic heterocycles. The van der Waals surface area contributed by atoms with Crippen LogP contribution in [0.25, 0.3) is 0 Å². The van der Waals surface area contributed by atoms with Crippen LogP contribution in [-0.4, -0.2) is 60.6 Å². The lowest BCUT2D eigenvalue weighted by Crippen LogP contribution is -2.59. The quantitative estimate of drug-likeness (QED) is 0.901. The second-order valence-electron chi connectivity index (χ2n) is 7.47. The summed E-state index contributed by atoms with van der Waals surface area (Å²) < 4.78 is 5.84. The van der Waals surface area contributed by atoms with Gasteiger partial charge in [0.2, 0.25) is 5.91 Å². The molecule has 142 valence electrons. The van der Waals surface area contributed by atoms with Gasteiger partial charge in [0.25, 0.3) is 0 Å². The number of likely N-dealkylation sites (N-methyl/N-ethyl adjacent to an activating group) is 1. The van der Waals surface area contributed by atoms with Gasteiger partial charge in [-0.15, -0.1) is 0 Å². The number of hydrogen-bond acceptors (Lipinski definition) is 3. The van der Waals surface area contributed by atoms with E-state index >= 15 is 0 Å². The van der Waals surface area contributed by atoms with E-state index in [1.165, 1.54) is 5.56 Å². The molecule has 0 aliphatic carbocycles. The highest BCUT2D eigenvalue weighted by Gasteiger charge is 2.42. The highest BCUT2D eigenvalue weighted by molar-refractivity contribution is 5.78. The molecule has 2 aliphatic rings. The molecule has 0 radical (unpaired) electrons. The van der Waals surface area contributed by atoms with E-state index in [9.17, 15) is 9.59 Å². The number of benzene rings is 1. The van der Waals surface area contributed by atoms with E-state index in [0.717, 1.165) is 24.8 Å². The van der Waals surface area contributed by atoms with Crippen LogP contribution in [-0.2, 0) is 16.0 Å². The minimum atomic E-state index is -0.291. The lowest BCUT2D eigenvalue weighted by Gasteiger charge is -2.46. The van der Waals surface area contributed by atoms with E-state index < -0.39 is 0 Å². The van der Waals surface area contributed by atoms with Crippen LogP contribution in [0.2, 0.25) is 0 Å². The highest BCUT2D eigenvalue weighted by atomic mass is 16.5. The zero-order valence-electron chi connectivity index (χ0n) is 16.0. The van der Waals surface area contributed by atoms with Gasteiger partial charge in [-0.3, -0.25) is 4.79 Å². The number of urea groups is 1. The summed E-state index contributed by atoms with van der Waals surface area (Å²) in [6.07, 6.45) is 2.54. The van der Waals surface area contributed by atoms with Gasteiger partial charge in [0.15, 0.2) is 0 Å². The van der Waals surface area contributed by atoms with Crippen LogP contribution in [0, 0.1) is 0 Å². The van der Waals surface area contributed by atoms with Crippen molar-refractivity contribution in [2.24, 2.45) is 0 Å². The van der Waals surface area contributed by atoms with Crippen LogP contribution in [0.1, 0.15) is 43.9 Å². The molecule has 3 amide bonds. The van der Waals surface area contributed by atoms with Gasteiger partial charge in [0, 0.05) is 26.7 Å². The first kappa shape index (κ1) is 18.7. The first-order valence-electron chi connectivity index (χ1n) is 9.45. The maximum Gasteiger partial charge on any atom is 0.317 e. The van der Waals surface area contributed by atoms with Crippen molar-refractivity contribution in [1.29, 1.82) is 0 Å². The smallest absolute Gasteiger partial charge is 0.317 e. The van der Waals surface area contributed by atoms with Crippen molar-refractivity contribution in [3.05, 3.63) is 35.4 Å². The molecular formula is C20H29N3O3. The summed E-state index contributed by atoms with van der Waals surface area (Å²) in [4.78, 5) is 27.8. The average Bonchev–Trinajstić information content (AvgIpc) is 2.65. The number of nitrogens with one attached hydrogen (secondary N) is 1. The van der Waals surface area contributed by atoms with E-state index in [1.54, 1.807) is 4.90 Å². The summed E-state index contributed by atoms with van der Waals surface area (Å²) in [6, 6.07) is 8.32. The topological polar surface area (TPSA) is 61.9 Å². The first-order chi connectivity index (χ1) is 12.4. The van der Waals surface area contributed by atoms with Crippen molar-refractivity contribution < 1.29 is 14.3 Å². The van der Waals surface area contributed by atoms with Crippen LogP contribution in [0.15, 0.2) is 24.3 Å². The molecule has 1 atom stereocenters. The summed E-state index contributed by atoms with van der Waals surface area (Å²) in [7, 11) is 1.82. The van der Waals surface area contributed by atoms with Crippen molar-refractivity contribution in [3.8, 4) is 0 Å². The highest BCUT2D eigenvalue weighted by Crippen LogP contribution is 2.30. The van der Waals surface area contributed by atoms with Gasteiger partial charge >= 0.3 is 6.03 Å². The number of morpholine rings is 1. The molecular weight excluding hydrogens is 330 g/mol. The number of nitrogens with zero attached hydrogens (tertiary/aromatic N) is 2. The first-order valence-corrected chi connectivity index (χ1v) is 9.45. The Bertz CT molecular complexity index is 651. The molecule has 0 bridgehead atoms. The Morgan fingerprint density at radius 1 is 1.27 bits per heavy atom. The molecule has 1 spiro atoms. The van der Waals surface area contributed by atoms with Crippen LogP contribution >= 0.6 is 0 Å². The van der Waals surface area contributed by atoms with Crippen molar-refractivity contribution >= 4 is 11.9 Å². The lowest BCUT2D eigenvalue weighted by molar-refractivity contribution is -0.167. The molecule has 6 nitrogen and oxygen atoms in total. The predicted octanol–water partition coefficient (Wildman–Crippen LogP) is 2.34. The van der Waals surface area contributed by atoms with Crippen LogP contribution in [0.5, 0.6) is 0 Å². The monoisotopic (exact) mass is 359 g/mol. The summed E-state index contributed by atoms with van der Waals surface area (Å²) in [5, 5.41) is 3.09. The summed E-state index contributed by atoms with van der Waals surface area (Å²) in [5.74, 6) is 0.0266. The Morgan fingerprint density at radius 2 is 1.92 bits per heavy atom. The fourth-order valence-corrected chi connectivity index (χ4v) is 3.71. The van der Waals surface area contributed by atoms with Gasteiger partial charge in [-0.05, 0) is 37.3 Å². The summed E-state index contributed by atoms with van der Waals surface area (Å²) in [5.41, 5.74) is 2.12. The molecule has 0 unspecified atom stereocenters. The van der Waals surface area contributed by atoms with Gasteiger partial charge < -0.3 is 19.9 Å². The molecule has 1 aromatic carbocycles. The predicted molar refractivity (Wildman–Crippen MR) is 99.9 cm³/mol. The molecule has 2 heterocycles. The minimum absolute atomic E-state index is 0.0266. The molecule has 1 aromatic rings. The normalized spacial score (nSPS) is 21.0. The van der Waals surface area contributed by atoms with Gasteiger partial charge in [-0.25, -0.2) is 4.79 Å². The van der Waals surface area contributed by atoms with Gasteiger partial charge in [0.05, 0.1) is 11.6 Å². The molecule has 0 aromatic heterocycles. The zero-order chi connectivity index (χ0) is 18.7. The number of aryl methyl sites for hydroxylation is 1. The van der Waals surface area contributed by atoms with Crippen molar-refractivity contribution in [2.45, 2.75) is 44.8 Å². The minimum Gasteiger partial charge on any atom is -0.363 e. The second-order valence-corrected chi connectivity index (χ2v) is 7.47. The summed E-state index contributed by atoms with van der Waals surface area (Å²) >= 11 is 0. The number of hydrogen-bond donors (Lipinski definition) is 1. The van der Waals surface area contributed by atoms with E-state index in [2.05, 4.69) is 36.5 Å². The fourth-order valence-electron chi connectivity index (χ4n) is 3.71. The maximum absolute atomic E-state index is 12.6. The van der Waals surface area contributed by atoms with Crippen LogP contribution in [0.3, 0.4) is 0 Å². The number of rotatable bonds is 3. The SMILES string of the molecule is CCc1ccc([C@H](C)NC(=O)N2CCC3(CC2)CN(C)C(=O)CO3)cc1. The molecule has 2 fully saturated rings. The standard InChI is InChI=1S/C20H29N3O3/c1-4-16-5-7-17(8-6-16)15(2)21-19(25)23-11-9-20(10-12-23)14-22(3)18(24)13-26-20/h5-8,15H,4,9-14H2,1-3H3,(H,21,25)/t15-/m0/s1. The Morgan fingerprint density at radius 3 is 2.50 bits per heavy atom. The number of carbonyl (C=O) groups is 2. The average molecular weight is 359 g/mol. The number of piperidine rings is 1. The molecule has 1 N–H and O–H groups in total. The van der Waals surface area contributed by atoms with Crippen molar-refractivity contribution in [2.75, 3.05) is 33.3 Å². The van der Waals surface area contributed by atoms with Crippen molar-refractivity contribution in [1.82, 2.24) is 15.1 Å². The number of ether oxygens (including phenoxy) is 1. The molecule has 2 saturated heterocycles. The van der Waals surface area contributed by atoms with Crippen LogP contribution in [0.4, 0.5) is 4.79 Å². The zero-order valence-corrected chi connectivity index (χ0v) is 16.0. The van der Waals surface area contributed by atoms with Gasteiger partial charge in [0.1, 0.15) is 6.61 Å². The fraction of sp³-hybridized carbons (Fsp3) is 0.600.